The number of carbonyl (C=O) groups is 1. The Balaban J connectivity index is 1.94. The molecule has 0 fully saturated rings. The molecule has 1 atom stereocenters. The first-order valence-corrected chi connectivity index (χ1v) is 7.51. The van der Waals surface area contributed by atoms with Crippen LogP contribution in [0.3, 0.4) is 0 Å². The number of nitro groups is 1. The van der Waals surface area contributed by atoms with E-state index in [1.54, 1.807) is 12.1 Å². The van der Waals surface area contributed by atoms with E-state index in [0.717, 1.165) is 3.57 Å². The van der Waals surface area contributed by atoms with E-state index in [0.29, 0.717) is 11.1 Å². The minimum absolute atomic E-state index is 0.0304. The molecular weight excluding hydrogens is 399 g/mol. The number of halogens is 1. The third kappa shape index (κ3) is 4.25. The predicted molar refractivity (Wildman–Crippen MR) is 89.5 cm³/mol. The maximum atomic E-state index is 11.9. The molecule has 0 aliphatic rings. The summed E-state index contributed by atoms with van der Waals surface area (Å²) in [6, 6.07) is 12.6. The number of aliphatic hydroxyl groups excluding tert-OH is 1. The van der Waals surface area contributed by atoms with E-state index in [2.05, 4.69) is 27.9 Å². The van der Waals surface area contributed by atoms with Gasteiger partial charge in [0.25, 0.3) is 11.6 Å². The Hall–Kier alpha value is -2.00. The third-order valence-electron chi connectivity index (χ3n) is 3.05. The maximum absolute atomic E-state index is 11.9. The van der Waals surface area contributed by atoms with Crippen molar-refractivity contribution >= 4 is 34.2 Å². The lowest BCUT2D eigenvalue weighted by Crippen LogP contribution is -2.28. The summed E-state index contributed by atoms with van der Waals surface area (Å²) >= 11 is 2.15. The number of hydrogen-bond acceptors (Lipinski definition) is 4. The Morgan fingerprint density at radius 1 is 1.18 bits per heavy atom. The first-order valence-electron chi connectivity index (χ1n) is 6.43. The summed E-state index contributed by atoms with van der Waals surface area (Å²) in [7, 11) is 0. The summed E-state index contributed by atoms with van der Waals surface area (Å²) in [5.74, 6) is -0.280. The van der Waals surface area contributed by atoms with E-state index >= 15 is 0 Å². The number of carbonyl (C=O) groups excluding carboxylic acids is 1. The van der Waals surface area contributed by atoms with Crippen molar-refractivity contribution in [1.82, 2.24) is 5.32 Å². The standard InChI is InChI=1S/C15H13IN2O4/c16-12-5-1-11(2-6-12)15(20)17-9-14(19)10-3-7-13(8-4-10)18(21)22/h1-8,14,19H,9H2,(H,17,20). The minimum Gasteiger partial charge on any atom is -0.387 e. The number of benzene rings is 2. The number of non-ortho nitro benzene ring substituents is 1. The summed E-state index contributed by atoms with van der Waals surface area (Å²) in [6.07, 6.45) is -0.923. The SMILES string of the molecule is O=C(NCC(O)c1ccc([N+](=O)[O-])cc1)c1ccc(I)cc1. The average molecular weight is 412 g/mol. The molecule has 2 N–H and O–H groups in total. The molecule has 22 heavy (non-hydrogen) atoms. The predicted octanol–water partition coefficient (Wildman–Crippen LogP) is 2.66. The Morgan fingerprint density at radius 3 is 2.32 bits per heavy atom. The number of nitro benzene ring substituents is 1. The maximum Gasteiger partial charge on any atom is 0.269 e. The van der Waals surface area contributed by atoms with Crippen molar-refractivity contribution in [2.75, 3.05) is 6.54 Å². The molecule has 6 nitrogen and oxygen atoms in total. The van der Waals surface area contributed by atoms with Crippen molar-refractivity contribution in [2.45, 2.75) is 6.10 Å². The van der Waals surface area contributed by atoms with Crippen molar-refractivity contribution in [1.29, 1.82) is 0 Å². The first kappa shape index (κ1) is 16.4. The number of aliphatic hydroxyl groups is 1. The van der Waals surface area contributed by atoms with E-state index in [9.17, 15) is 20.0 Å². The van der Waals surface area contributed by atoms with E-state index in [4.69, 9.17) is 0 Å². The number of rotatable bonds is 5. The van der Waals surface area contributed by atoms with Gasteiger partial charge in [0.05, 0.1) is 11.0 Å². The molecule has 0 saturated heterocycles. The minimum atomic E-state index is -0.923. The lowest BCUT2D eigenvalue weighted by atomic mass is 10.1. The highest BCUT2D eigenvalue weighted by molar-refractivity contribution is 14.1. The van der Waals surface area contributed by atoms with E-state index in [1.165, 1.54) is 24.3 Å². The van der Waals surface area contributed by atoms with Crippen LogP contribution in [-0.2, 0) is 0 Å². The van der Waals surface area contributed by atoms with Gasteiger partial charge in [0, 0.05) is 27.8 Å². The van der Waals surface area contributed by atoms with E-state index in [1.807, 2.05) is 12.1 Å². The summed E-state index contributed by atoms with van der Waals surface area (Å²) in [4.78, 5) is 22.0. The van der Waals surface area contributed by atoms with Crippen molar-refractivity contribution in [2.24, 2.45) is 0 Å². The van der Waals surface area contributed by atoms with Gasteiger partial charge in [-0.25, -0.2) is 0 Å². The molecule has 7 heteroatoms. The van der Waals surface area contributed by atoms with Gasteiger partial charge in [0.1, 0.15) is 0 Å². The Morgan fingerprint density at radius 2 is 1.77 bits per heavy atom. The van der Waals surface area contributed by atoms with Gasteiger partial charge in [-0.3, -0.25) is 14.9 Å². The molecule has 1 unspecified atom stereocenters. The zero-order valence-corrected chi connectivity index (χ0v) is 13.6. The molecular formula is C15H13IN2O4. The van der Waals surface area contributed by atoms with E-state index < -0.39 is 11.0 Å². The zero-order valence-electron chi connectivity index (χ0n) is 11.4. The lowest BCUT2D eigenvalue weighted by Gasteiger charge is -2.12. The molecule has 0 saturated carbocycles. The molecule has 2 aromatic carbocycles. The highest BCUT2D eigenvalue weighted by atomic mass is 127. The second-order valence-corrected chi connectivity index (χ2v) is 5.83. The van der Waals surface area contributed by atoms with Crippen LogP contribution in [0.15, 0.2) is 48.5 Å². The van der Waals surface area contributed by atoms with Gasteiger partial charge < -0.3 is 10.4 Å². The van der Waals surface area contributed by atoms with Crippen LogP contribution in [0, 0.1) is 13.7 Å². The molecule has 0 aliphatic heterocycles. The van der Waals surface area contributed by atoms with Crippen LogP contribution >= 0.6 is 22.6 Å². The molecule has 0 bridgehead atoms. The summed E-state index contributed by atoms with van der Waals surface area (Å²) < 4.78 is 1.03. The van der Waals surface area contributed by atoms with Crippen LogP contribution in [0.2, 0.25) is 0 Å². The Labute approximate surface area is 140 Å². The van der Waals surface area contributed by atoms with Crippen molar-refractivity contribution in [3.05, 3.63) is 73.3 Å². The third-order valence-corrected chi connectivity index (χ3v) is 3.77. The van der Waals surface area contributed by atoms with Gasteiger partial charge in [-0.05, 0) is 64.6 Å². The quantitative estimate of drug-likeness (QED) is 0.449. The molecule has 0 aliphatic carbocycles. The summed E-state index contributed by atoms with van der Waals surface area (Å²) in [5.41, 5.74) is 0.976. The second-order valence-electron chi connectivity index (χ2n) is 4.58. The van der Waals surface area contributed by atoms with Gasteiger partial charge in [-0.15, -0.1) is 0 Å². The normalized spacial score (nSPS) is 11.7. The van der Waals surface area contributed by atoms with Crippen molar-refractivity contribution < 1.29 is 14.8 Å². The summed E-state index contributed by atoms with van der Waals surface area (Å²) in [5, 5.41) is 23.2. The zero-order chi connectivity index (χ0) is 16.1. The van der Waals surface area contributed by atoms with Gasteiger partial charge in [0.15, 0.2) is 0 Å². The Bertz CT molecular complexity index is 671. The molecule has 2 aromatic rings. The lowest BCUT2D eigenvalue weighted by molar-refractivity contribution is -0.384. The van der Waals surface area contributed by atoms with Gasteiger partial charge in [0.2, 0.25) is 0 Å². The van der Waals surface area contributed by atoms with Crippen LogP contribution in [0.1, 0.15) is 22.0 Å². The second kappa shape index (κ2) is 7.32. The van der Waals surface area contributed by atoms with Crippen LogP contribution < -0.4 is 5.32 Å². The Kier molecular flexibility index (Phi) is 5.45. The fraction of sp³-hybridized carbons (Fsp3) is 0.133. The van der Waals surface area contributed by atoms with E-state index in [-0.39, 0.29) is 18.1 Å². The molecule has 0 heterocycles. The average Bonchev–Trinajstić information content (AvgIpc) is 2.53. The molecule has 1 amide bonds. The molecule has 0 radical (unpaired) electrons. The van der Waals surface area contributed by atoms with Crippen LogP contribution in [0.4, 0.5) is 5.69 Å². The summed E-state index contributed by atoms with van der Waals surface area (Å²) in [6.45, 7) is 0.0304. The number of nitrogens with one attached hydrogen (secondary N) is 1. The van der Waals surface area contributed by atoms with Gasteiger partial charge in [-0.2, -0.15) is 0 Å². The number of hydrogen-bond donors (Lipinski definition) is 2. The van der Waals surface area contributed by atoms with Crippen molar-refractivity contribution in [3.8, 4) is 0 Å². The number of nitrogens with zero attached hydrogens (tertiary/aromatic N) is 1. The largest absolute Gasteiger partial charge is 0.387 e. The fourth-order valence-corrected chi connectivity index (χ4v) is 2.19. The molecule has 0 spiro atoms. The highest BCUT2D eigenvalue weighted by Gasteiger charge is 2.12. The van der Waals surface area contributed by atoms with Crippen LogP contribution in [-0.4, -0.2) is 22.5 Å². The number of amides is 1. The molecule has 114 valence electrons. The van der Waals surface area contributed by atoms with Crippen LogP contribution in [0.25, 0.3) is 0 Å². The highest BCUT2D eigenvalue weighted by Crippen LogP contribution is 2.17. The van der Waals surface area contributed by atoms with Gasteiger partial charge >= 0.3 is 0 Å². The van der Waals surface area contributed by atoms with Crippen molar-refractivity contribution in [3.63, 3.8) is 0 Å². The fourth-order valence-electron chi connectivity index (χ4n) is 1.83. The molecule has 2 rings (SSSR count). The first-order chi connectivity index (χ1) is 10.5. The monoisotopic (exact) mass is 412 g/mol. The smallest absolute Gasteiger partial charge is 0.269 e. The topological polar surface area (TPSA) is 92.5 Å². The van der Waals surface area contributed by atoms with Crippen LogP contribution in [0.5, 0.6) is 0 Å². The van der Waals surface area contributed by atoms with Gasteiger partial charge in [-0.1, -0.05) is 0 Å². The molecule has 0 aromatic heterocycles.